The van der Waals surface area contributed by atoms with Crippen molar-refractivity contribution in [3.05, 3.63) is 65.2 Å². The fraction of sp³-hybridized carbons (Fsp3) is 0.118. The first-order valence-electron chi connectivity index (χ1n) is 6.15. The van der Waals surface area contributed by atoms with Crippen LogP contribution >= 0.6 is 0 Å². The Morgan fingerprint density at radius 2 is 1.42 bits per heavy atom. The van der Waals surface area contributed by atoms with Gasteiger partial charge in [0.1, 0.15) is 0 Å². The number of carboxylic acids is 1. The summed E-state index contributed by atoms with van der Waals surface area (Å²) in [6.45, 7) is 3.66. The number of aryl methyl sites for hydroxylation is 1. The molecule has 0 fully saturated rings. The minimum atomic E-state index is -0.886. The molecular formula is C17H16O2. The maximum Gasteiger partial charge on any atom is 0.331 e. The van der Waals surface area contributed by atoms with E-state index in [4.69, 9.17) is 5.11 Å². The molecule has 96 valence electrons. The van der Waals surface area contributed by atoms with Crippen molar-refractivity contribution in [1.29, 1.82) is 0 Å². The highest BCUT2D eigenvalue weighted by molar-refractivity contribution is 5.91. The van der Waals surface area contributed by atoms with Gasteiger partial charge < -0.3 is 5.11 Å². The standard InChI is InChI=1S/C17H16O2/c1-12-3-7-15(8-4-12)16-9-5-14(6-10-16)11-13(2)17(18)19/h3-11H,1-2H3,(H,18,19). The summed E-state index contributed by atoms with van der Waals surface area (Å²) in [6.07, 6.45) is 1.67. The second-order valence-electron chi connectivity index (χ2n) is 4.62. The Balaban J connectivity index is 2.26. The van der Waals surface area contributed by atoms with Gasteiger partial charge in [0.05, 0.1) is 0 Å². The number of carboxylic acid groups (broad SMARTS) is 1. The van der Waals surface area contributed by atoms with E-state index in [0.717, 1.165) is 16.7 Å². The molecule has 1 N–H and O–H groups in total. The van der Waals surface area contributed by atoms with E-state index in [1.54, 1.807) is 13.0 Å². The summed E-state index contributed by atoms with van der Waals surface area (Å²) < 4.78 is 0. The average molecular weight is 252 g/mol. The summed E-state index contributed by atoms with van der Waals surface area (Å²) in [5.74, 6) is -0.886. The minimum Gasteiger partial charge on any atom is -0.478 e. The molecule has 0 bridgehead atoms. The van der Waals surface area contributed by atoms with E-state index in [9.17, 15) is 4.79 Å². The molecule has 0 aliphatic carbocycles. The maximum atomic E-state index is 10.8. The van der Waals surface area contributed by atoms with Crippen LogP contribution in [-0.2, 0) is 4.79 Å². The highest BCUT2D eigenvalue weighted by Crippen LogP contribution is 2.21. The fourth-order valence-electron chi connectivity index (χ4n) is 1.83. The van der Waals surface area contributed by atoms with Crippen molar-refractivity contribution >= 4 is 12.0 Å². The monoisotopic (exact) mass is 252 g/mol. The molecule has 0 radical (unpaired) electrons. The van der Waals surface area contributed by atoms with Gasteiger partial charge in [-0.1, -0.05) is 54.1 Å². The summed E-state index contributed by atoms with van der Waals surface area (Å²) in [5, 5.41) is 8.83. The van der Waals surface area contributed by atoms with Crippen LogP contribution in [0.3, 0.4) is 0 Å². The van der Waals surface area contributed by atoms with Crippen LogP contribution in [0.15, 0.2) is 54.1 Å². The van der Waals surface area contributed by atoms with Crippen LogP contribution in [0.2, 0.25) is 0 Å². The van der Waals surface area contributed by atoms with E-state index < -0.39 is 5.97 Å². The Morgan fingerprint density at radius 1 is 0.947 bits per heavy atom. The molecule has 0 unspecified atom stereocenters. The summed E-state index contributed by atoms with van der Waals surface area (Å²) in [4.78, 5) is 10.8. The van der Waals surface area contributed by atoms with E-state index in [1.807, 2.05) is 24.3 Å². The zero-order valence-corrected chi connectivity index (χ0v) is 11.1. The Bertz CT molecular complexity index is 605. The van der Waals surface area contributed by atoms with Crippen LogP contribution in [0.4, 0.5) is 0 Å². The van der Waals surface area contributed by atoms with Crippen LogP contribution in [-0.4, -0.2) is 11.1 Å². The molecule has 0 saturated heterocycles. The van der Waals surface area contributed by atoms with Crippen molar-refractivity contribution in [3.8, 4) is 11.1 Å². The first-order chi connectivity index (χ1) is 9.06. The van der Waals surface area contributed by atoms with Gasteiger partial charge in [-0.15, -0.1) is 0 Å². The molecule has 19 heavy (non-hydrogen) atoms. The smallest absolute Gasteiger partial charge is 0.331 e. The van der Waals surface area contributed by atoms with Gasteiger partial charge in [0.2, 0.25) is 0 Å². The zero-order chi connectivity index (χ0) is 13.8. The van der Waals surface area contributed by atoms with Crippen molar-refractivity contribution in [3.63, 3.8) is 0 Å². The van der Waals surface area contributed by atoms with E-state index in [0.29, 0.717) is 5.57 Å². The van der Waals surface area contributed by atoms with Gasteiger partial charge in [-0.25, -0.2) is 4.79 Å². The first-order valence-corrected chi connectivity index (χ1v) is 6.15. The molecule has 2 aromatic rings. The Labute approximate surface area is 113 Å². The molecule has 0 aliphatic rings. The molecule has 2 rings (SSSR count). The first kappa shape index (κ1) is 13.1. The molecule has 0 aliphatic heterocycles. The third kappa shape index (κ3) is 3.32. The fourth-order valence-corrected chi connectivity index (χ4v) is 1.83. The molecule has 0 saturated carbocycles. The van der Waals surface area contributed by atoms with Crippen LogP contribution in [0, 0.1) is 6.92 Å². The predicted molar refractivity (Wildman–Crippen MR) is 77.9 cm³/mol. The topological polar surface area (TPSA) is 37.3 Å². The molecular weight excluding hydrogens is 236 g/mol. The van der Waals surface area contributed by atoms with E-state index in [-0.39, 0.29) is 0 Å². The summed E-state index contributed by atoms with van der Waals surface area (Å²) >= 11 is 0. The predicted octanol–water partition coefficient (Wildman–Crippen LogP) is 4.15. The van der Waals surface area contributed by atoms with E-state index in [2.05, 4.69) is 31.2 Å². The second-order valence-corrected chi connectivity index (χ2v) is 4.62. The van der Waals surface area contributed by atoms with Crippen LogP contribution in [0.5, 0.6) is 0 Å². The second kappa shape index (κ2) is 5.53. The molecule has 0 spiro atoms. The van der Waals surface area contributed by atoms with Gasteiger partial charge in [-0.3, -0.25) is 0 Å². The summed E-state index contributed by atoms with van der Waals surface area (Å²) in [7, 11) is 0. The van der Waals surface area contributed by atoms with Gasteiger partial charge in [0, 0.05) is 5.57 Å². The molecule has 2 heteroatoms. The summed E-state index contributed by atoms with van der Waals surface area (Å²) in [6, 6.07) is 16.2. The average Bonchev–Trinajstić information content (AvgIpc) is 2.40. The van der Waals surface area contributed by atoms with E-state index in [1.165, 1.54) is 5.56 Å². The summed E-state index contributed by atoms with van der Waals surface area (Å²) in [5.41, 5.74) is 4.76. The number of aliphatic carboxylic acids is 1. The minimum absolute atomic E-state index is 0.336. The van der Waals surface area contributed by atoms with E-state index >= 15 is 0 Å². The maximum absolute atomic E-state index is 10.8. The highest BCUT2D eigenvalue weighted by Gasteiger charge is 2.01. The van der Waals surface area contributed by atoms with Gasteiger partial charge in [-0.2, -0.15) is 0 Å². The lowest BCUT2D eigenvalue weighted by atomic mass is 10.0. The highest BCUT2D eigenvalue weighted by atomic mass is 16.4. The normalized spacial score (nSPS) is 11.4. The lowest BCUT2D eigenvalue weighted by Crippen LogP contribution is -1.95. The molecule has 0 heterocycles. The lowest BCUT2D eigenvalue weighted by molar-refractivity contribution is -0.132. The third-order valence-electron chi connectivity index (χ3n) is 3.02. The molecule has 0 aromatic heterocycles. The quantitative estimate of drug-likeness (QED) is 0.833. The lowest BCUT2D eigenvalue weighted by Gasteiger charge is -2.03. The molecule has 2 aromatic carbocycles. The van der Waals surface area contributed by atoms with Gasteiger partial charge >= 0.3 is 5.97 Å². The largest absolute Gasteiger partial charge is 0.478 e. The van der Waals surface area contributed by atoms with Gasteiger partial charge in [0.25, 0.3) is 0 Å². The number of rotatable bonds is 3. The number of hydrogen-bond acceptors (Lipinski definition) is 1. The van der Waals surface area contributed by atoms with Crippen molar-refractivity contribution in [2.45, 2.75) is 13.8 Å². The van der Waals surface area contributed by atoms with Crippen molar-refractivity contribution in [2.24, 2.45) is 0 Å². The number of hydrogen-bond donors (Lipinski definition) is 1. The van der Waals surface area contributed by atoms with Gasteiger partial charge in [-0.05, 0) is 36.6 Å². The number of benzene rings is 2. The van der Waals surface area contributed by atoms with Crippen molar-refractivity contribution < 1.29 is 9.90 Å². The molecule has 0 amide bonds. The van der Waals surface area contributed by atoms with Crippen LogP contribution < -0.4 is 0 Å². The SMILES string of the molecule is CC(=Cc1ccc(-c2ccc(C)cc2)cc1)C(=O)O. The number of carbonyl (C=O) groups is 1. The van der Waals surface area contributed by atoms with Crippen molar-refractivity contribution in [2.75, 3.05) is 0 Å². The third-order valence-corrected chi connectivity index (χ3v) is 3.02. The van der Waals surface area contributed by atoms with Crippen molar-refractivity contribution in [1.82, 2.24) is 0 Å². The van der Waals surface area contributed by atoms with Gasteiger partial charge in [0.15, 0.2) is 0 Å². The van der Waals surface area contributed by atoms with Crippen LogP contribution in [0.25, 0.3) is 17.2 Å². The molecule has 0 atom stereocenters. The zero-order valence-electron chi connectivity index (χ0n) is 11.1. The Morgan fingerprint density at radius 3 is 1.89 bits per heavy atom. The van der Waals surface area contributed by atoms with Crippen LogP contribution in [0.1, 0.15) is 18.1 Å². The Hall–Kier alpha value is -2.35. The Kier molecular flexibility index (Phi) is 3.81. The molecule has 2 nitrogen and oxygen atoms in total.